The number of hydrogen-bond donors (Lipinski definition) is 1. The van der Waals surface area contributed by atoms with Crippen LogP contribution in [0.3, 0.4) is 0 Å². The summed E-state index contributed by atoms with van der Waals surface area (Å²) in [6, 6.07) is 16.4. The third-order valence-electron chi connectivity index (χ3n) is 7.26. The van der Waals surface area contributed by atoms with E-state index in [-0.39, 0.29) is 11.9 Å². The van der Waals surface area contributed by atoms with E-state index in [0.717, 1.165) is 54.7 Å². The Labute approximate surface area is 212 Å². The lowest BCUT2D eigenvalue weighted by Crippen LogP contribution is -2.34. The number of rotatable bonds is 14. The van der Waals surface area contributed by atoms with Gasteiger partial charge in [0.05, 0.1) is 24.7 Å². The standard InChI is InChI=1S/C31H44O4/c1-3-5-7-8-9-10-24-35-30(32)27-19-21-31(33,22-20-27)28-15-11-25(12-16-28)26-13-17-29(18-14-26)34-23-6-4-2/h11-18,27,33H,3-10,19-24H2,1-2H3. The maximum Gasteiger partial charge on any atom is 0.308 e. The van der Waals surface area contributed by atoms with E-state index in [0.29, 0.717) is 32.3 Å². The Morgan fingerprint density at radius 2 is 1.37 bits per heavy atom. The summed E-state index contributed by atoms with van der Waals surface area (Å²) < 4.78 is 11.3. The predicted molar refractivity (Wildman–Crippen MR) is 142 cm³/mol. The van der Waals surface area contributed by atoms with Crippen LogP contribution in [0.1, 0.15) is 96.5 Å². The summed E-state index contributed by atoms with van der Waals surface area (Å²) in [6.07, 6.45) is 11.8. The number of carbonyl (C=O) groups excluding carboxylic acids is 1. The van der Waals surface area contributed by atoms with E-state index >= 15 is 0 Å². The fourth-order valence-electron chi connectivity index (χ4n) is 4.84. The molecule has 0 atom stereocenters. The second kappa shape index (κ2) is 14.3. The Hall–Kier alpha value is -2.33. The number of esters is 1. The molecular formula is C31H44O4. The van der Waals surface area contributed by atoms with Gasteiger partial charge in [0.2, 0.25) is 0 Å². The van der Waals surface area contributed by atoms with Crippen molar-refractivity contribution >= 4 is 5.97 Å². The summed E-state index contributed by atoms with van der Waals surface area (Å²) >= 11 is 0. The van der Waals surface area contributed by atoms with E-state index in [4.69, 9.17) is 9.47 Å². The Kier molecular flexibility index (Phi) is 11.1. The third-order valence-corrected chi connectivity index (χ3v) is 7.26. The van der Waals surface area contributed by atoms with Gasteiger partial charge in [-0.05, 0) is 67.3 Å². The van der Waals surface area contributed by atoms with Gasteiger partial charge in [0.15, 0.2) is 0 Å². The van der Waals surface area contributed by atoms with E-state index in [1.807, 2.05) is 24.3 Å². The second-order valence-electron chi connectivity index (χ2n) is 10.0. The minimum Gasteiger partial charge on any atom is -0.494 e. The Morgan fingerprint density at radius 1 is 0.800 bits per heavy atom. The Bertz CT molecular complexity index is 864. The zero-order valence-electron chi connectivity index (χ0n) is 21.8. The van der Waals surface area contributed by atoms with Crippen molar-refractivity contribution in [2.45, 2.75) is 96.5 Å². The van der Waals surface area contributed by atoms with Gasteiger partial charge in [0.25, 0.3) is 0 Å². The summed E-state index contributed by atoms with van der Waals surface area (Å²) in [4.78, 5) is 12.5. The van der Waals surface area contributed by atoms with E-state index in [1.165, 1.54) is 25.7 Å². The van der Waals surface area contributed by atoms with E-state index in [1.54, 1.807) is 0 Å². The van der Waals surface area contributed by atoms with Crippen LogP contribution in [0.15, 0.2) is 48.5 Å². The van der Waals surface area contributed by atoms with Gasteiger partial charge in [-0.25, -0.2) is 0 Å². The van der Waals surface area contributed by atoms with E-state index in [2.05, 4.69) is 38.1 Å². The topological polar surface area (TPSA) is 55.8 Å². The largest absolute Gasteiger partial charge is 0.494 e. The lowest BCUT2D eigenvalue weighted by atomic mass is 9.75. The van der Waals surface area contributed by atoms with Gasteiger partial charge in [0.1, 0.15) is 5.75 Å². The molecule has 1 N–H and O–H groups in total. The van der Waals surface area contributed by atoms with E-state index < -0.39 is 5.60 Å². The molecule has 0 aliphatic heterocycles. The highest BCUT2D eigenvalue weighted by atomic mass is 16.5. The van der Waals surface area contributed by atoms with Gasteiger partial charge in [-0.3, -0.25) is 4.79 Å². The first-order valence-electron chi connectivity index (χ1n) is 13.8. The predicted octanol–water partition coefficient (Wildman–Crippen LogP) is 7.81. The molecule has 3 rings (SSSR count). The summed E-state index contributed by atoms with van der Waals surface area (Å²) in [5.41, 5.74) is 2.30. The average molecular weight is 481 g/mol. The quantitative estimate of drug-likeness (QED) is 0.221. The van der Waals surface area contributed by atoms with Crippen LogP contribution < -0.4 is 4.74 Å². The molecule has 1 aliphatic carbocycles. The lowest BCUT2D eigenvalue weighted by Gasteiger charge is -2.35. The molecule has 0 saturated heterocycles. The molecule has 4 heteroatoms. The molecule has 1 aliphatic rings. The maximum absolute atomic E-state index is 12.5. The molecule has 0 radical (unpaired) electrons. The van der Waals surface area contributed by atoms with Crippen LogP contribution in [-0.4, -0.2) is 24.3 Å². The SMILES string of the molecule is CCCCCCCCOC(=O)C1CCC(O)(c2ccc(-c3ccc(OCCCC)cc3)cc2)CC1. The Morgan fingerprint density at radius 3 is 2.00 bits per heavy atom. The maximum atomic E-state index is 12.5. The minimum absolute atomic E-state index is 0.0851. The van der Waals surface area contributed by atoms with Crippen LogP contribution in [-0.2, 0) is 15.1 Å². The van der Waals surface area contributed by atoms with Crippen LogP contribution in [0.25, 0.3) is 11.1 Å². The second-order valence-corrected chi connectivity index (χ2v) is 10.0. The van der Waals surface area contributed by atoms with Crippen LogP contribution in [0.4, 0.5) is 0 Å². The molecule has 0 unspecified atom stereocenters. The minimum atomic E-state index is -0.869. The average Bonchev–Trinajstić information content (AvgIpc) is 2.89. The monoisotopic (exact) mass is 480 g/mol. The van der Waals surface area contributed by atoms with Crippen molar-refractivity contribution in [3.63, 3.8) is 0 Å². The van der Waals surface area contributed by atoms with Crippen molar-refractivity contribution in [3.05, 3.63) is 54.1 Å². The fraction of sp³-hybridized carbons (Fsp3) is 0.581. The fourth-order valence-corrected chi connectivity index (χ4v) is 4.84. The molecule has 35 heavy (non-hydrogen) atoms. The Balaban J connectivity index is 1.45. The van der Waals surface area contributed by atoms with Crippen molar-refractivity contribution < 1.29 is 19.4 Å². The summed E-state index contributed by atoms with van der Waals surface area (Å²) in [5, 5.41) is 11.3. The molecule has 0 aromatic heterocycles. The summed E-state index contributed by atoms with van der Waals surface area (Å²) in [7, 11) is 0. The first-order valence-corrected chi connectivity index (χ1v) is 13.8. The van der Waals surface area contributed by atoms with Gasteiger partial charge < -0.3 is 14.6 Å². The summed E-state index contributed by atoms with van der Waals surface area (Å²) in [6.45, 7) is 5.65. The molecule has 1 fully saturated rings. The number of hydrogen-bond acceptors (Lipinski definition) is 4. The highest BCUT2D eigenvalue weighted by Crippen LogP contribution is 2.40. The lowest BCUT2D eigenvalue weighted by molar-refractivity contribution is -0.152. The van der Waals surface area contributed by atoms with Gasteiger partial charge in [-0.15, -0.1) is 0 Å². The molecule has 0 heterocycles. The van der Waals surface area contributed by atoms with Crippen LogP contribution in [0.5, 0.6) is 5.75 Å². The molecule has 0 bridgehead atoms. The van der Waals surface area contributed by atoms with Crippen molar-refractivity contribution in [2.75, 3.05) is 13.2 Å². The summed E-state index contributed by atoms with van der Waals surface area (Å²) in [5.74, 6) is 0.723. The molecule has 0 amide bonds. The molecule has 2 aromatic rings. The van der Waals surface area contributed by atoms with Crippen LogP contribution in [0, 0.1) is 5.92 Å². The number of carbonyl (C=O) groups is 1. The first-order chi connectivity index (χ1) is 17.1. The first kappa shape index (κ1) is 27.3. The van der Waals surface area contributed by atoms with Crippen molar-refractivity contribution in [1.82, 2.24) is 0 Å². The van der Waals surface area contributed by atoms with Crippen molar-refractivity contribution in [2.24, 2.45) is 5.92 Å². The van der Waals surface area contributed by atoms with Gasteiger partial charge >= 0.3 is 5.97 Å². The van der Waals surface area contributed by atoms with E-state index in [9.17, 15) is 9.90 Å². The van der Waals surface area contributed by atoms with Gasteiger partial charge in [-0.1, -0.05) is 88.8 Å². The van der Waals surface area contributed by atoms with Crippen LogP contribution >= 0.6 is 0 Å². The number of aliphatic hydroxyl groups is 1. The number of ether oxygens (including phenoxy) is 2. The molecule has 2 aromatic carbocycles. The van der Waals surface area contributed by atoms with Crippen LogP contribution in [0.2, 0.25) is 0 Å². The van der Waals surface area contributed by atoms with Gasteiger partial charge in [-0.2, -0.15) is 0 Å². The third kappa shape index (κ3) is 8.38. The van der Waals surface area contributed by atoms with Crippen molar-refractivity contribution in [3.8, 4) is 16.9 Å². The number of benzene rings is 2. The molecule has 4 nitrogen and oxygen atoms in total. The number of unbranched alkanes of at least 4 members (excludes halogenated alkanes) is 6. The molecular weight excluding hydrogens is 436 g/mol. The van der Waals surface area contributed by atoms with Gasteiger partial charge in [0, 0.05) is 0 Å². The normalized spacial score (nSPS) is 19.9. The zero-order chi connectivity index (χ0) is 24.9. The molecule has 0 spiro atoms. The smallest absolute Gasteiger partial charge is 0.308 e. The molecule has 192 valence electrons. The molecule has 1 saturated carbocycles. The van der Waals surface area contributed by atoms with Crippen molar-refractivity contribution in [1.29, 1.82) is 0 Å². The highest BCUT2D eigenvalue weighted by Gasteiger charge is 2.37. The highest BCUT2D eigenvalue weighted by molar-refractivity contribution is 5.72. The zero-order valence-corrected chi connectivity index (χ0v) is 21.8.